The fourth-order valence-corrected chi connectivity index (χ4v) is 5.15. The number of benzene rings is 1. The lowest BCUT2D eigenvalue weighted by Crippen LogP contribution is -2.50. The summed E-state index contributed by atoms with van der Waals surface area (Å²) in [6.45, 7) is 1.35. The minimum absolute atomic E-state index is 0.0000290. The average molecular weight is 509 g/mol. The highest BCUT2D eigenvalue weighted by Gasteiger charge is 2.37. The first-order chi connectivity index (χ1) is 17.3. The van der Waals surface area contributed by atoms with E-state index in [0.29, 0.717) is 25.4 Å². The summed E-state index contributed by atoms with van der Waals surface area (Å²) in [7, 11) is 0. The number of carbonyl (C=O) groups is 2. The molecule has 5 rings (SSSR count). The van der Waals surface area contributed by atoms with Crippen molar-refractivity contribution in [1.82, 2.24) is 14.8 Å². The van der Waals surface area contributed by atoms with Gasteiger partial charge in [0.2, 0.25) is 0 Å². The van der Waals surface area contributed by atoms with Crippen LogP contribution in [0.25, 0.3) is 6.08 Å². The van der Waals surface area contributed by atoms with Gasteiger partial charge in [-0.3, -0.25) is 24.5 Å². The van der Waals surface area contributed by atoms with E-state index in [2.05, 4.69) is 5.32 Å². The predicted molar refractivity (Wildman–Crippen MR) is 130 cm³/mol. The van der Waals surface area contributed by atoms with Crippen LogP contribution in [0.4, 0.5) is 5.69 Å². The Morgan fingerprint density at radius 3 is 2.69 bits per heavy atom. The second-order valence-corrected chi connectivity index (χ2v) is 9.26. The number of nitro benzene ring substituents is 1. The Kier molecular flexibility index (Phi) is 6.19. The molecule has 1 N–H and O–H groups in total. The molecule has 10 nitrogen and oxygen atoms in total. The summed E-state index contributed by atoms with van der Waals surface area (Å²) in [5.41, 5.74) is 0.569. The summed E-state index contributed by atoms with van der Waals surface area (Å²) in [5, 5.41) is 13.5. The lowest BCUT2D eigenvalue weighted by atomic mass is 9.83. The van der Waals surface area contributed by atoms with Crippen molar-refractivity contribution in [3.05, 3.63) is 103 Å². The van der Waals surface area contributed by atoms with Gasteiger partial charge in [-0.2, -0.15) is 0 Å². The van der Waals surface area contributed by atoms with Gasteiger partial charge in [0.15, 0.2) is 0 Å². The summed E-state index contributed by atoms with van der Waals surface area (Å²) in [6, 6.07) is 12.0. The smallest absolute Gasteiger partial charge is 0.270 e. The van der Waals surface area contributed by atoms with E-state index in [4.69, 9.17) is 16.0 Å². The number of piperidine rings is 1. The Morgan fingerprint density at radius 1 is 1.14 bits per heavy atom. The van der Waals surface area contributed by atoms with E-state index < -0.39 is 16.7 Å². The standard InChI is InChI=1S/C25H21ClN4O6/c26-20-10-17(30(34)35)6-7-19(20)24(32)27-21(11-18-3-2-8-36-18)25(33)28-12-15-9-16(14-28)22-4-1-5-23(31)29(22)13-15/h1-8,10-11,15-16H,9,12-14H2,(H,27,32)/b21-11-. The van der Waals surface area contributed by atoms with Gasteiger partial charge in [-0.25, -0.2) is 0 Å². The van der Waals surface area contributed by atoms with Gasteiger partial charge in [-0.05, 0) is 36.6 Å². The minimum atomic E-state index is -0.685. The third-order valence-corrected chi connectivity index (χ3v) is 6.80. The van der Waals surface area contributed by atoms with Crippen LogP contribution in [-0.2, 0) is 11.3 Å². The van der Waals surface area contributed by atoms with E-state index in [1.807, 2.05) is 6.07 Å². The number of hydrogen-bond donors (Lipinski definition) is 1. The molecule has 0 aliphatic carbocycles. The highest BCUT2D eigenvalue weighted by Crippen LogP contribution is 2.35. The van der Waals surface area contributed by atoms with Gasteiger partial charge >= 0.3 is 0 Å². The highest BCUT2D eigenvalue weighted by molar-refractivity contribution is 6.34. The summed E-state index contributed by atoms with van der Waals surface area (Å²) in [5.74, 6) is -0.623. The van der Waals surface area contributed by atoms with Crippen LogP contribution in [0.5, 0.6) is 0 Å². The molecule has 3 aromatic rings. The molecule has 2 atom stereocenters. The van der Waals surface area contributed by atoms with Crippen LogP contribution in [0.2, 0.25) is 5.02 Å². The van der Waals surface area contributed by atoms with Gasteiger partial charge in [0.05, 0.1) is 21.8 Å². The molecule has 1 saturated heterocycles. The Balaban J connectivity index is 1.42. The van der Waals surface area contributed by atoms with Gasteiger partial charge in [0, 0.05) is 55.5 Å². The van der Waals surface area contributed by atoms with Crippen LogP contribution in [0.3, 0.4) is 0 Å². The molecule has 1 fully saturated rings. The van der Waals surface area contributed by atoms with E-state index >= 15 is 0 Å². The number of non-ortho nitro benzene ring substituents is 1. The quantitative estimate of drug-likeness (QED) is 0.319. The summed E-state index contributed by atoms with van der Waals surface area (Å²) in [6.07, 6.45) is 3.75. The van der Waals surface area contributed by atoms with E-state index in [1.54, 1.807) is 27.7 Å². The Hall–Kier alpha value is -4.18. The van der Waals surface area contributed by atoms with Crippen molar-refractivity contribution in [1.29, 1.82) is 0 Å². The van der Waals surface area contributed by atoms with Gasteiger partial charge in [-0.15, -0.1) is 0 Å². The first-order valence-corrected chi connectivity index (χ1v) is 11.7. The van der Waals surface area contributed by atoms with Gasteiger partial charge < -0.3 is 19.2 Å². The minimum Gasteiger partial charge on any atom is -0.465 e. The van der Waals surface area contributed by atoms with E-state index in [9.17, 15) is 24.5 Å². The predicted octanol–water partition coefficient (Wildman–Crippen LogP) is 3.42. The number of halogens is 1. The monoisotopic (exact) mass is 508 g/mol. The van der Waals surface area contributed by atoms with Crippen molar-refractivity contribution < 1.29 is 18.9 Å². The molecular weight excluding hydrogens is 488 g/mol. The molecule has 2 aromatic heterocycles. The molecular formula is C25H21ClN4O6. The molecule has 11 heteroatoms. The summed E-state index contributed by atoms with van der Waals surface area (Å²) >= 11 is 6.12. The van der Waals surface area contributed by atoms with E-state index in [0.717, 1.165) is 18.2 Å². The topological polar surface area (TPSA) is 128 Å². The van der Waals surface area contributed by atoms with Crippen LogP contribution >= 0.6 is 11.6 Å². The Labute approximate surface area is 209 Å². The zero-order valence-electron chi connectivity index (χ0n) is 18.9. The van der Waals surface area contributed by atoms with Crippen LogP contribution in [0.1, 0.15) is 34.2 Å². The zero-order chi connectivity index (χ0) is 25.4. The molecule has 0 radical (unpaired) electrons. The van der Waals surface area contributed by atoms with Crippen LogP contribution in [-0.4, -0.2) is 39.3 Å². The number of carbonyl (C=O) groups excluding carboxylic acids is 2. The molecule has 0 spiro atoms. The van der Waals surface area contributed by atoms with Gasteiger partial charge in [0.1, 0.15) is 11.5 Å². The third kappa shape index (κ3) is 4.55. The molecule has 36 heavy (non-hydrogen) atoms. The number of likely N-dealkylation sites (tertiary alicyclic amines) is 1. The van der Waals surface area contributed by atoms with Crippen molar-refractivity contribution >= 4 is 35.2 Å². The normalized spacial score (nSPS) is 18.9. The summed E-state index contributed by atoms with van der Waals surface area (Å²) in [4.78, 5) is 51.0. The molecule has 4 heterocycles. The number of pyridine rings is 1. The van der Waals surface area contributed by atoms with Crippen molar-refractivity contribution in [2.24, 2.45) is 5.92 Å². The zero-order valence-corrected chi connectivity index (χ0v) is 19.7. The molecule has 184 valence electrons. The second-order valence-electron chi connectivity index (χ2n) is 8.86. The van der Waals surface area contributed by atoms with Crippen molar-refractivity contribution in [3.8, 4) is 0 Å². The molecule has 0 saturated carbocycles. The van der Waals surface area contributed by atoms with Crippen molar-refractivity contribution in [3.63, 3.8) is 0 Å². The highest BCUT2D eigenvalue weighted by atomic mass is 35.5. The van der Waals surface area contributed by atoms with Crippen molar-refractivity contribution in [2.75, 3.05) is 13.1 Å². The van der Waals surface area contributed by atoms with Gasteiger partial charge in [-0.1, -0.05) is 17.7 Å². The summed E-state index contributed by atoms with van der Waals surface area (Å²) < 4.78 is 7.13. The number of amides is 2. The molecule has 2 unspecified atom stereocenters. The number of nitrogens with one attached hydrogen (secondary N) is 1. The largest absolute Gasteiger partial charge is 0.465 e. The molecule has 2 aliphatic rings. The lowest BCUT2D eigenvalue weighted by molar-refractivity contribution is -0.384. The number of rotatable bonds is 5. The molecule has 2 amide bonds. The Bertz CT molecular complexity index is 1440. The fraction of sp³-hybridized carbons (Fsp3) is 0.240. The number of nitrogens with zero attached hydrogens (tertiary/aromatic N) is 3. The first-order valence-electron chi connectivity index (χ1n) is 11.3. The Morgan fingerprint density at radius 2 is 1.97 bits per heavy atom. The maximum absolute atomic E-state index is 13.6. The van der Waals surface area contributed by atoms with Crippen LogP contribution < -0.4 is 10.9 Å². The maximum Gasteiger partial charge on any atom is 0.270 e. The number of fused-ring (bicyclic) bond motifs is 4. The number of furan rings is 1. The molecule has 2 bridgehead atoms. The molecule has 2 aliphatic heterocycles. The van der Waals surface area contributed by atoms with Crippen LogP contribution in [0, 0.1) is 16.0 Å². The number of aromatic nitrogens is 1. The second kappa shape index (κ2) is 9.46. The van der Waals surface area contributed by atoms with Crippen LogP contribution in [0.15, 0.2) is 69.7 Å². The number of nitro groups is 1. The van der Waals surface area contributed by atoms with E-state index in [1.165, 1.54) is 30.5 Å². The molecule has 1 aromatic carbocycles. The maximum atomic E-state index is 13.6. The average Bonchev–Trinajstić information content (AvgIpc) is 3.36. The SMILES string of the molecule is O=C(N/C(=C\c1ccco1)C(=O)N1CC2CC(C1)c1cccc(=O)n1C2)c1ccc([N+](=O)[O-])cc1Cl. The third-order valence-electron chi connectivity index (χ3n) is 6.48. The first kappa shape index (κ1) is 23.6. The lowest BCUT2D eigenvalue weighted by Gasteiger charge is -2.42. The number of hydrogen-bond acceptors (Lipinski definition) is 6. The van der Waals surface area contributed by atoms with Gasteiger partial charge in [0.25, 0.3) is 23.1 Å². The van der Waals surface area contributed by atoms with E-state index in [-0.39, 0.29) is 39.4 Å². The van der Waals surface area contributed by atoms with Crippen molar-refractivity contribution in [2.45, 2.75) is 18.9 Å². The fourth-order valence-electron chi connectivity index (χ4n) is 4.89.